The van der Waals surface area contributed by atoms with Crippen LogP contribution in [0.4, 0.5) is 16.2 Å². The second kappa shape index (κ2) is 6.60. The third-order valence-corrected chi connectivity index (χ3v) is 3.60. The van der Waals surface area contributed by atoms with Crippen molar-refractivity contribution in [3.8, 4) is 0 Å². The average molecular weight is 370 g/mol. The number of aromatic carboxylic acids is 1. The number of urea groups is 1. The van der Waals surface area contributed by atoms with Crippen LogP contribution in [0.3, 0.4) is 0 Å². The normalized spacial score (nSPS) is 10.0. The first kappa shape index (κ1) is 15.3. The van der Waals surface area contributed by atoms with Crippen LogP contribution in [0.25, 0.3) is 0 Å². The Labute approximate surface area is 134 Å². The van der Waals surface area contributed by atoms with Crippen molar-refractivity contribution in [2.45, 2.75) is 0 Å². The van der Waals surface area contributed by atoms with E-state index in [1.165, 1.54) is 12.1 Å². The molecule has 0 saturated carbocycles. The van der Waals surface area contributed by atoms with Gasteiger partial charge in [0.05, 0.1) is 22.0 Å². The number of para-hydroxylation sites is 1. The molecule has 0 unspecified atom stereocenters. The van der Waals surface area contributed by atoms with E-state index in [2.05, 4.69) is 26.6 Å². The Bertz CT molecular complexity index is 706. The van der Waals surface area contributed by atoms with Crippen molar-refractivity contribution in [1.29, 1.82) is 0 Å². The number of carbonyl (C=O) groups is 2. The highest BCUT2D eigenvalue weighted by Gasteiger charge is 2.10. The summed E-state index contributed by atoms with van der Waals surface area (Å²) in [6.45, 7) is 0. The summed E-state index contributed by atoms with van der Waals surface area (Å²) in [4.78, 5) is 22.8. The molecule has 2 aromatic carbocycles. The van der Waals surface area contributed by atoms with Gasteiger partial charge in [-0.3, -0.25) is 0 Å². The zero-order valence-electron chi connectivity index (χ0n) is 10.6. The lowest BCUT2D eigenvalue weighted by molar-refractivity contribution is 0.0697. The molecule has 0 fully saturated rings. The zero-order valence-corrected chi connectivity index (χ0v) is 12.9. The molecule has 0 spiro atoms. The fraction of sp³-hybridized carbons (Fsp3) is 0. The maximum Gasteiger partial charge on any atom is 0.335 e. The molecule has 2 amide bonds. The van der Waals surface area contributed by atoms with Gasteiger partial charge in [-0.2, -0.15) is 0 Å². The number of rotatable bonds is 3. The minimum absolute atomic E-state index is 0.0752. The Morgan fingerprint density at radius 2 is 1.71 bits per heavy atom. The number of carboxylic acids is 1. The zero-order chi connectivity index (χ0) is 15.4. The first-order valence-corrected chi connectivity index (χ1v) is 7.00. The van der Waals surface area contributed by atoms with Gasteiger partial charge in [-0.25, -0.2) is 9.59 Å². The summed E-state index contributed by atoms with van der Waals surface area (Å²) in [6, 6.07) is 10.6. The van der Waals surface area contributed by atoms with Crippen molar-refractivity contribution in [1.82, 2.24) is 0 Å². The summed E-state index contributed by atoms with van der Waals surface area (Å²) in [5, 5.41) is 14.5. The largest absolute Gasteiger partial charge is 0.478 e. The van der Waals surface area contributed by atoms with Crippen molar-refractivity contribution >= 4 is 50.9 Å². The van der Waals surface area contributed by atoms with Crippen LogP contribution >= 0.6 is 27.5 Å². The quantitative estimate of drug-likeness (QED) is 0.748. The average Bonchev–Trinajstić information content (AvgIpc) is 2.43. The molecular weight excluding hydrogens is 360 g/mol. The van der Waals surface area contributed by atoms with Gasteiger partial charge in [0.25, 0.3) is 0 Å². The van der Waals surface area contributed by atoms with Crippen LogP contribution in [-0.4, -0.2) is 17.1 Å². The lowest BCUT2D eigenvalue weighted by atomic mass is 10.2. The van der Waals surface area contributed by atoms with Crippen LogP contribution in [0.2, 0.25) is 5.02 Å². The smallest absolute Gasteiger partial charge is 0.335 e. The van der Waals surface area contributed by atoms with Gasteiger partial charge < -0.3 is 15.7 Å². The number of carboxylic acid groups (broad SMARTS) is 1. The van der Waals surface area contributed by atoms with Gasteiger partial charge in [-0.05, 0) is 46.3 Å². The molecule has 0 radical (unpaired) electrons. The lowest BCUT2D eigenvalue weighted by Crippen LogP contribution is -2.20. The fourth-order valence-corrected chi connectivity index (χ4v) is 2.12. The van der Waals surface area contributed by atoms with E-state index in [1.54, 1.807) is 30.3 Å². The van der Waals surface area contributed by atoms with Gasteiger partial charge >= 0.3 is 12.0 Å². The highest BCUT2D eigenvalue weighted by Crippen LogP contribution is 2.25. The first-order chi connectivity index (χ1) is 9.97. The Hall–Kier alpha value is -2.05. The second-order valence-corrected chi connectivity index (χ2v) is 5.32. The number of amides is 2. The van der Waals surface area contributed by atoms with Crippen LogP contribution in [0.15, 0.2) is 46.9 Å². The van der Waals surface area contributed by atoms with Gasteiger partial charge in [0.15, 0.2) is 0 Å². The van der Waals surface area contributed by atoms with Gasteiger partial charge in [-0.15, -0.1) is 0 Å². The Morgan fingerprint density at radius 3 is 2.38 bits per heavy atom. The molecular formula is C14H10BrClN2O3. The number of benzene rings is 2. The predicted octanol–water partition coefficient (Wildman–Crippen LogP) is 4.44. The van der Waals surface area contributed by atoms with E-state index in [0.29, 0.717) is 20.9 Å². The third kappa shape index (κ3) is 3.96. The Balaban J connectivity index is 2.15. The standard InChI is InChI=1S/C14H10BrClN2O3/c15-9-6-5-8(13(19)20)7-12(9)18-14(21)17-11-4-2-1-3-10(11)16/h1-7H,(H,19,20)(H2,17,18,21). The van der Waals surface area contributed by atoms with Crippen molar-refractivity contribution < 1.29 is 14.7 Å². The van der Waals surface area contributed by atoms with E-state index >= 15 is 0 Å². The summed E-state index contributed by atoms with van der Waals surface area (Å²) in [5.41, 5.74) is 0.882. The van der Waals surface area contributed by atoms with Gasteiger partial charge in [0.1, 0.15) is 0 Å². The minimum Gasteiger partial charge on any atom is -0.478 e. The molecule has 2 rings (SSSR count). The van der Waals surface area contributed by atoms with Crippen LogP contribution in [0.1, 0.15) is 10.4 Å². The summed E-state index contributed by atoms with van der Waals surface area (Å²) in [5.74, 6) is -1.07. The number of hydrogen-bond acceptors (Lipinski definition) is 2. The number of anilines is 2. The highest BCUT2D eigenvalue weighted by atomic mass is 79.9. The van der Waals surface area contributed by atoms with Crippen LogP contribution < -0.4 is 10.6 Å². The summed E-state index contributed by atoms with van der Waals surface area (Å²) in [7, 11) is 0. The van der Waals surface area contributed by atoms with Crippen molar-refractivity contribution in [3.63, 3.8) is 0 Å². The minimum atomic E-state index is -1.07. The predicted molar refractivity (Wildman–Crippen MR) is 85.2 cm³/mol. The summed E-state index contributed by atoms with van der Waals surface area (Å²) >= 11 is 9.19. The second-order valence-electron chi connectivity index (χ2n) is 4.06. The topological polar surface area (TPSA) is 78.4 Å². The number of hydrogen-bond donors (Lipinski definition) is 3. The van der Waals surface area contributed by atoms with Crippen molar-refractivity contribution in [2.75, 3.05) is 10.6 Å². The maximum atomic E-state index is 11.9. The van der Waals surface area contributed by atoms with E-state index in [-0.39, 0.29) is 5.56 Å². The molecule has 0 aliphatic carbocycles. The van der Waals surface area contributed by atoms with Gasteiger partial charge in [-0.1, -0.05) is 23.7 Å². The maximum absolute atomic E-state index is 11.9. The van der Waals surface area contributed by atoms with E-state index in [9.17, 15) is 9.59 Å². The summed E-state index contributed by atoms with van der Waals surface area (Å²) < 4.78 is 0.571. The Kier molecular flexibility index (Phi) is 4.82. The van der Waals surface area contributed by atoms with Gasteiger partial charge in [0.2, 0.25) is 0 Å². The SMILES string of the molecule is O=C(Nc1ccccc1Cl)Nc1cc(C(=O)O)ccc1Br. The van der Waals surface area contributed by atoms with E-state index in [1.807, 2.05) is 0 Å². The molecule has 108 valence electrons. The lowest BCUT2D eigenvalue weighted by Gasteiger charge is -2.10. The molecule has 0 heterocycles. The molecule has 2 aromatic rings. The van der Waals surface area contributed by atoms with Crippen LogP contribution in [-0.2, 0) is 0 Å². The molecule has 0 aliphatic rings. The van der Waals surface area contributed by atoms with Crippen molar-refractivity contribution in [2.24, 2.45) is 0 Å². The van der Waals surface area contributed by atoms with Gasteiger partial charge in [0, 0.05) is 4.47 Å². The number of carbonyl (C=O) groups excluding carboxylic acids is 1. The monoisotopic (exact) mass is 368 g/mol. The molecule has 0 bridgehead atoms. The molecule has 5 nitrogen and oxygen atoms in total. The molecule has 3 N–H and O–H groups in total. The molecule has 0 aromatic heterocycles. The molecule has 0 saturated heterocycles. The molecule has 0 aliphatic heterocycles. The van der Waals surface area contributed by atoms with Crippen molar-refractivity contribution in [3.05, 3.63) is 57.5 Å². The van der Waals surface area contributed by atoms with E-state index in [4.69, 9.17) is 16.7 Å². The molecule has 0 atom stereocenters. The third-order valence-electron chi connectivity index (χ3n) is 2.58. The number of halogens is 2. The molecule has 21 heavy (non-hydrogen) atoms. The van der Waals surface area contributed by atoms with Crippen LogP contribution in [0.5, 0.6) is 0 Å². The van der Waals surface area contributed by atoms with E-state index in [0.717, 1.165) is 0 Å². The highest BCUT2D eigenvalue weighted by molar-refractivity contribution is 9.10. The van der Waals surface area contributed by atoms with E-state index < -0.39 is 12.0 Å². The van der Waals surface area contributed by atoms with Crippen LogP contribution in [0, 0.1) is 0 Å². The summed E-state index contributed by atoms with van der Waals surface area (Å²) in [6.07, 6.45) is 0. The Morgan fingerprint density at radius 1 is 1.05 bits per heavy atom. The molecule has 7 heteroatoms. The first-order valence-electron chi connectivity index (χ1n) is 5.83. The number of nitrogens with one attached hydrogen (secondary N) is 2. The fourth-order valence-electron chi connectivity index (χ4n) is 1.59.